The molecule has 7 nitrogen and oxygen atoms in total. The van der Waals surface area contributed by atoms with Crippen LogP contribution in [0.1, 0.15) is 85.0 Å². The third-order valence-electron chi connectivity index (χ3n) is 10.8. The van der Waals surface area contributed by atoms with E-state index < -0.39 is 29.6 Å². The fourth-order valence-electron chi connectivity index (χ4n) is 9.03. The monoisotopic (exact) mass is 464 g/mol. The molecule has 0 bridgehead atoms. The summed E-state index contributed by atoms with van der Waals surface area (Å²) in [5.74, 6) is -0.725. The smallest absolute Gasteiger partial charge is 0.220 e. The first-order valence-corrected chi connectivity index (χ1v) is 13.0. The Balaban J connectivity index is 1.50. The molecule has 0 aromatic rings. The topological polar surface area (TPSA) is 130 Å². The van der Waals surface area contributed by atoms with Gasteiger partial charge in [0.15, 0.2) is 0 Å². The highest BCUT2D eigenvalue weighted by Gasteiger charge is 2.69. The van der Waals surface area contributed by atoms with Gasteiger partial charge in [0, 0.05) is 11.8 Å². The van der Waals surface area contributed by atoms with Crippen LogP contribution in [0.25, 0.3) is 0 Å². The molecule has 188 valence electrons. The van der Waals surface area contributed by atoms with Crippen LogP contribution < -0.4 is 10.4 Å². The summed E-state index contributed by atoms with van der Waals surface area (Å²) < 4.78 is 0. The van der Waals surface area contributed by atoms with Crippen LogP contribution in [0.4, 0.5) is 0 Å². The summed E-state index contributed by atoms with van der Waals surface area (Å²) in [5.41, 5.74) is -1.24. The van der Waals surface area contributed by atoms with E-state index in [0.717, 1.165) is 44.9 Å². The summed E-state index contributed by atoms with van der Waals surface area (Å²) in [6, 6.07) is 0. The van der Waals surface area contributed by atoms with Crippen molar-refractivity contribution < 1.29 is 30.0 Å². The SMILES string of the molecule is CC(CCC(=O)NCC(=O)[O-])C1CCC2C3(O)CCC4CC(O)CCC4(C)C3CC(O)C12C. The Kier molecular flexibility index (Phi) is 6.64. The van der Waals surface area contributed by atoms with E-state index in [4.69, 9.17) is 0 Å². The van der Waals surface area contributed by atoms with Crippen molar-refractivity contribution in [3.63, 3.8) is 0 Å². The van der Waals surface area contributed by atoms with Gasteiger partial charge in [0.2, 0.25) is 5.91 Å². The van der Waals surface area contributed by atoms with Crippen molar-refractivity contribution in [2.45, 2.75) is 103 Å². The van der Waals surface area contributed by atoms with Gasteiger partial charge in [0.25, 0.3) is 0 Å². The van der Waals surface area contributed by atoms with E-state index in [1.807, 2.05) is 0 Å². The molecule has 0 spiro atoms. The molecule has 4 saturated carbocycles. The van der Waals surface area contributed by atoms with Crippen molar-refractivity contribution in [2.24, 2.45) is 40.4 Å². The molecule has 0 saturated heterocycles. The number of carboxylic acid groups (broad SMARTS) is 1. The minimum Gasteiger partial charge on any atom is -0.548 e. The fourth-order valence-corrected chi connectivity index (χ4v) is 9.03. The maximum Gasteiger partial charge on any atom is 0.220 e. The average molecular weight is 465 g/mol. The molecule has 10 atom stereocenters. The van der Waals surface area contributed by atoms with Crippen molar-refractivity contribution in [3.05, 3.63) is 0 Å². The summed E-state index contributed by atoms with van der Waals surface area (Å²) in [4.78, 5) is 22.6. The van der Waals surface area contributed by atoms with Crippen molar-refractivity contribution in [1.82, 2.24) is 5.32 Å². The van der Waals surface area contributed by atoms with Crippen LogP contribution in [0.2, 0.25) is 0 Å². The number of carboxylic acids is 1. The molecule has 0 aromatic heterocycles. The number of aliphatic hydroxyl groups is 3. The second-order valence-corrected chi connectivity index (χ2v) is 12.2. The van der Waals surface area contributed by atoms with Gasteiger partial charge in [-0.2, -0.15) is 0 Å². The standard InChI is InChI=1S/C26H43NO6/c1-15(4-7-22(30)27-14-23(31)32)18-5-6-19-25(18,3)21(29)13-20-24(2)10-9-17(28)12-16(24)8-11-26(19,20)33/h15-21,28-29,33H,4-14H2,1-3H3,(H,27,30)(H,31,32)/p-1. The number of amides is 1. The van der Waals surface area contributed by atoms with Gasteiger partial charge >= 0.3 is 0 Å². The van der Waals surface area contributed by atoms with E-state index in [1.165, 1.54) is 0 Å². The number of carbonyl (C=O) groups is 2. The summed E-state index contributed by atoms with van der Waals surface area (Å²) in [6.45, 7) is 6.09. The molecule has 4 N–H and O–H groups in total. The van der Waals surface area contributed by atoms with Crippen molar-refractivity contribution in [1.29, 1.82) is 0 Å². The Labute approximate surface area is 197 Å². The quantitative estimate of drug-likeness (QED) is 0.470. The van der Waals surface area contributed by atoms with Crippen molar-refractivity contribution in [3.8, 4) is 0 Å². The summed E-state index contributed by atoms with van der Waals surface area (Å²) >= 11 is 0. The normalized spacial score (nSPS) is 47.7. The molecule has 7 heteroatoms. The van der Waals surface area contributed by atoms with Gasteiger partial charge in [-0.05, 0) is 92.8 Å². The number of hydrogen-bond donors (Lipinski definition) is 4. The van der Waals surface area contributed by atoms with E-state index in [2.05, 4.69) is 26.1 Å². The zero-order valence-electron chi connectivity index (χ0n) is 20.4. The van der Waals surface area contributed by atoms with E-state index in [9.17, 15) is 30.0 Å². The third-order valence-corrected chi connectivity index (χ3v) is 10.8. The molecule has 4 aliphatic carbocycles. The number of nitrogens with one attached hydrogen (secondary N) is 1. The molecular formula is C26H42NO6-. The first-order valence-electron chi connectivity index (χ1n) is 13.0. The molecule has 0 heterocycles. The Morgan fingerprint density at radius 2 is 1.79 bits per heavy atom. The number of carbonyl (C=O) groups excluding carboxylic acids is 2. The van der Waals surface area contributed by atoms with Crippen LogP contribution in [-0.2, 0) is 9.59 Å². The van der Waals surface area contributed by atoms with E-state index in [-0.39, 0.29) is 47.5 Å². The van der Waals surface area contributed by atoms with Crippen molar-refractivity contribution >= 4 is 11.9 Å². The fraction of sp³-hybridized carbons (Fsp3) is 0.923. The number of hydrogen-bond acceptors (Lipinski definition) is 6. The summed E-state index contributed by atoms with van der Waals surface area (Å²) in [6.07, 6.45) is 6.69. The first kappa shape index (κ1) is 24.9. The highest BCUT2D eigenvalue weighted by atomic mass is 16.4. The second-order valence-electron chi connectivity index (χ2n) is 12.2. The zero-order chi connectivity index (χ0) is 24.2. The Bertz CT molecular complexity index is 774. The van der Waals surface area contributed by atoms with E-state index in [1.54, 1.807) is 0 Å². The predicted octanol–water partition coefficient (Wildman–Crippen LogP) is 1.37. The van der Waals surface area contributed by atoms with Gasteiger partial charge in [0.1, 0.15) is 0 Å². The zero-order valence-corrected chi connectivity index (χ0v) is 20.4. The number of fused-ring (bicyclic) bond motifs is 5. The van der Waals surface area contributed by atoms with Crippen LogP contribution in [0.15, 0.2) is 0 Å². The largest absolute Gasteiger partial charge is 0.548 e. The van der Waals surface area contributed by atoms with Gasteiger partial charge in [-0.15, -0.1) is 0 Å². The lowest BCUT2D eigenvalue weighted by molar-refractivity contribution is -0.304. The minimum absolute atomic E-state index is 0.0303. The minimum atomic E-state index is -1.30. The molecule has 10 unspecified atom stereocenters. The lowest BCUT2D eigenvalue weighted by Crippen LogP contribution is -2.67. The molecule has 4 aliphatic rings. The maximum atomic E-state index is 12.3. The Morgan fingerprint density at radius 1 is 1.06 bits per heavy atom. The lowest BCUT2D eigenvalue weighted by Gasteiger charge is -2.65. The predicted molar refractivity (Wildman–Crippen MR) is 120 cm³/mol. The number of aliphatic carboxylic acids is 1. The molecule has 0 aliphatic heterocycles. The highest BCUT2D eigenvalue weighted by Crippen LogP contribution is 2.69. The molecule has 0 aromatic carbocycles. The second kappa shape index (κ2) is 8.80. The van der Waals surface area contributed by atoms with Gasteiger partial charge < -0.3 is 30.5 Å². The van der Waals surface area contributed by atoms with Crippen LogP contribution >= 0.6 is 0 Å². The molecular weight excluding hydrogens is 422 g/mol. The van der Waals surface area contributed by atoms with Gasteiger partial charge in [-0.25, -0.2) is 0 Å². The maximum absolute atomic E-state index is 12.3. The van der Waals surface area contributed by atoms with Crippen LogP contribution in [0.5, 0.6) is 0 Å². The van der Waals surface area contributed by atoms with Crippen LogP contribution in [-0.4, -0.2) is 51.5 Å². The molecule has 0 radical (unpaired) electrons. The van der Waals surface area contributed by atoms with E-state index in [0.29, 0.717) is 18.8 Å². The van der Waals surface area contributed by atoms with Gasteiger partial charge in [-0.3, -0.25) is 4.79 Å². The average Bonchev–Trinajstić information content (AvgIpc) is 3.13. The van der Waals surface area contributed by atoms with Crippen LogP contribution in [0.3, 0.4) is 0 Å². The Hall–Kier alpha value is -1.18. The van der Waals surface area contributed by atoms with E-state index >= 15 is 0 Å². The molecule has 4 fully saturated rings. The summed E-state index contributed by atoms with van der Waals surface area (Å²) in [7, 11) is 0. The Morgan fingerprint density at radius 3 is 2.48 bits per heavy atom. The van der Waals surface area contributed by atoms with Crippen LogP contribution in [0, 0.1) is 40.4 Å². The van der Waals surface area contributed by atoms with Gasteiger partial charge in [-0.1, -0.05) is 20.8 Å². The summed E-state index contributed by atoms with van der Waals surface area (Å²) in [5, 5.41) is 47.0. The van der Waals surface area contributed by atoms with Crippen molar-refractivity contribution in [2.75, 3.05) is 6.54 Å². The molecule has 4 rings (SSSR count). The number of aliphatic hydroxyl groups excluding tert-OH is 2. The first-order chi connectivity index (χ1) is 15.4. The third kappa shape index (κ3) is 4.02. The van der Waals surface area contributed by atoms with Gasteiger partial charge in [0.05, 0.1) is 30.3 Å². The lowest BCUT2D eigenvalue weighted by atomic mass is 9.42. The number of rotatable bonds is 6. The highest BCUT2D eigenvalue weighted by molar-refractivity contribution is 5.80. The molecule has 1 amide bonds. The molecule has 33 heavy (non-hydrogen) atoms.